The van der Waals surface area contributed by atoms with Crippen LogP contribution in [-0.2, 0) is 27.2 Å². The van der Waals surface area contributed by atoms with Crippen LogP contribution in [-0.4, -0.2) is 67.9 Å². The highest BCUT2D eigenvalue weighted by Crippen LogP contribution is 2.38. The Bertz CT molecular complexity index is 1990. The lowest BCUT2D eigenvalue weighted by Gasteiger charge is -2.44. The third kappa shape index (κ3) is 9.90. The van der Waals surface area contributed by atoms with E-state index >= 15 is 0 Å². The summed E-state index contributed by atoms with van der Waals surface area (Å²) in [5, 5.41) is 3.89. The smallest absolute Gasteiger partial charge is 0.387 e. The van der Waals surface area contributed by atoms with Gasteiger partial charge in [0.2, 0.25) is 0 Å². The fourth-order valence-corrected chi connectivity index (χ4v) is 7.80. The number of nitrogens with one attached hydrogen (secondary N) is 1. The first-order chi connectivity index (χ1) is 27.1. The Hall–Kier alpha value is -4.49. The molecule has 1 saturated carbocycles. The summed E-state index contributed by atoms with van der Waals surface area (Å²) in [4.78, 5) is 34.2. The van der Waals surface area contributed by atoms with Crippen LogP contribution in [0.5, 0.6) is 17.2 Å². The summed E-state index contributed by atoms with van der Waals surface area (Å²) in [6, 6.07) is 17.8. The topological polar surface area (TPSA) is 108 Å². The lowest BCUT2D eigenvalue weighted by Crippen LogP contribution is -2.52. The van der Waals surface area contributed by atoms with Gasteiger partial charge in [0.05, 0.1) is 29.3 Å². The van der Waals surface area contributed by atoms with Gasteiger partial charge in [-0.2, -0.15) is 8.78 Å². The maximum absolute atomic E-state index is 13.9. The van der Waals surface area contributed by atoms with Crippen LogP contribution in [0.1, 0.15) is 70.4 Å². The molecule has 1 unspecified atom stereocenters. The molecule has 0 amide bonds. The number of rotatable bonds is 17. The number of halogens is 4. The summed E-state index contributed by atoms with van der Waals surface area (Å²) in [6.07, 6.45) is 5.76. The third-order valence-electron chi connectivity index (χ3n) is 10.5. The van der Waals surface area contributed by atoms with Crippen LogP contribution in [0, 0.1) is 11.8 Å². The molecule has 10 nitrogen and oxygen atoms in total. The first-order valence-corrected chi connectivity index (χ1v) is 19.5. The van der Waals surface area contributed by atoms with Crippen LogP contribution in [0.2, 0.25) is 10.0 Å². The SMILES string of the molecule is COc1ccccc1C(NCc1cccc(C(=O)O[C@@H](Cc2c(Cl)cncc2Cl)c2ccc(OC(F)F)c(OCC3CC3)c2)c1)C(=O)O[C@H]1CN2CCC1CC2. The Morgan fingerprint density at radius 2 is 1.70 bits per heavy atom. The highest BCUT2D eigenvalue weighted by molar-refractivity contribution is 6.35. The second-order valence-electron chi connectivity index (χ2n) is 14.4. The zero-order valence-electron chi connectivity index (χ0n) is 30.8. The van der Waals surface area contributed by atoms with Crippen LogP contribution in [0.3, 0.4) is 0 Å². The molecular formula is C42H43Cl2F2N3O7. The Morgan fingerprint density at radius 1 is 0.929 bits per heavy atom. The number of alkyl halides is 2. The van der Waals surface area contributed by atoms with Crippen LogP contribution in [0.25, 0.3) is 0 Å². The van der Waals surface area contributed by atoms with E-state index in [0.29, 0.717) is 46.4 Å². The maximum Gasteiger partial charge on any atom is 0.387 e. The molecule has 296 valence electrons. The summed E-state index contributed by atoms with van der Waals surface area (Å²) in [7, 11) is 1.56. The van der Waals surface area contributed by atoms with Gasteiger partial charge in [-0.15, -0.1) is 0 Å². The quantitative estimate of drug-likeness (QED) is 0.105. The summed E-state index contributed by atoms with van der Waals surface area (Å²) in [6.45, 7) is 0.257. The van der Waals surface area contributed by atoms with Gasteiger partial charge in [0.15, 0.2) is 11.5 Å². The number of carbonyl (C=O) groups is 2. The molecule has 14 heteroatoms. The second-order valence-corrected chi connectivity index (χ2v) is 15.2. The summed E-state index contributed by atoms with van der Waals surface area (Å²) < 4.78 is 55.2. The molecule has 4 aliphatic rings. The Kier molecular flexibility index (Phi) is 12.9. The van der Waals surface area contributed by atoms with Crippen LogP contribution in [0.15, 0.2) is 79.1 Å². The van der Waals surface area contributed by atoms with Crippen molar-refractivity contribution in [2.24, 2.45) is 11.8 Å². The zero-order valence-corrected chi connectivity index (χ0v) is 32.3. The van der Waals surface area contributed by atoms with Gasteiger partial charge in [-0.25, -0.2) is 9.59 Å². The van der Waals surface area contributed by atoms with E-state index in [2.05, 4.69) is 15.2 Å². The van der Waals surface area contributed by atoms with Gasteiger partial charge in [-0.3, -0.25) is 15.2 Å². The number of nitrogens with zero attached hydrogens (tertiary/aromatic N) is 2. The predicted molar refractivity (Wildman–Crippen MR) is 205 cm³/mol. The predicted octanol–water partition coefficient (Wildman–Crippen LogP) is 8.40. The monoisotopic (exact) mass is 809 g/mol. The van der Waals surface area contributed by atoms with Crippen molar-refractivity contribution in [2.75, 3.05) is 33.4 Å². The van der Waals surface area contributed by atoms with E-state index in [4.69, 9.17) is 46.9 Å². The first-order valence-electron chi connectivity index (χ1n) is 18.7. The van der Waals surface area contributed by atoms with Crippen molar-refractivity contribution in [3.05, 3.63) is 117 Å². The zero-order chi connectivity index (χ0) is 39.2. The molecule has 3 aliphatic heterocycles. The van der Waals surface area contributed by atoms with Crippen molar-refractivity contribution in [1.82, 2.24) is 15.2 Å². The molecule has 3 saturated heterocycles. The van der Waals surface area contributed by atoms with Crippen molar-refractivity contribution >= 4 is 35.1 Å². The maximum atomic E-state index is 13.9. The number of methoxy groups -OCH3 is 1. The number of hydrogen-bond donors (Lipinski definition) is 1. The lowest BCUT2D eigenvalue weighted by atomic mass is 9.86. The Labute approximate surface area is 334 Å². The van der Waals surface area contributed by atoms with Crippen LogP contribution >= 0.6 is 23.2 Å². The normalized spacial score (nSPS) is 19.9. The molecule has 0 spiro atoms. The van der Waals surface area contributed by atoms with Gasteiger partial charge in [0, 0.05) is 37.5 Å². The highest BCUT2D eigenvalue weighted by Gasteiger charge is 2.38. The van der Waals surface area contributed by atoms with Crippen molar-refractivity contribution in [3.8, 4) is 17.2 Å². The average molecular weight is 811 g/mol. The van der Waals surface area contributed by atoms with Crippen molar-refractivity contribution in [3.63, 3.8) is 0 Å². The van der Waals surface area contributed by atoms with Gasteiger partial charge >= 0.3 is 18.6 Å². The average Bonchev–Trinajstić information content (AvgIpc) is 4.04. The molecule has 3 atom stereocenters. The molecular weight excluding hydrogens is 767 g/mol. The molecule has 8 rings (SSSR count). The minimum atomic E-state index is -3.06. The van der Waals surface area contributed by atoms with E-state index in [1.807, 2.05) is 24.3 Å². The summed E-state index contributed by atoms with van der Waals surface area (Å²) in [5.41, 5.74) is 2.52. The number of benzene rings is 3. The van der Waals surface area contributed by atoms with E-state index in [-0.39, 0.29) is 46.2 Å². The number of fused-ring (bicyclic) bond motifs is 3. The third-order valence-corrected chi connectivity index (χ3v) is 11.2. The standard InChI is InChI=1S/C42H43Cl2F2N3O7/c1-52-34-8-3-2-7-30(34)39(41(51)55-38-23-49-15-13-27(38)14-16-49)48-20-26-5-4-6-29(17-26)40(50)54-36(19-31-32(43)21-47-22-33(31)44)28-11-12-35(56-42(45)46)37(18-28)53-24-25-9-10-25/h2-8,11-12,17-18,21-22,25,27,36,38-39,42,48H,9-10,13-16,19-20,23-24H2,1H3/t36-,38-,39?/m0/s1. The lowest BCUT2D eigenvalue weighted by molar-refractivity contribution is -0.161. The van der Waals surface area contributed by atoms with Gasteiger partial charge in [0.1, 0.15) is 24.0 Å². The van der Waals surface area contributed by atoms with Crippen molar-refractivity contribution < 1.29 is 42.1 Å². The number of piperidine rings is 3. The number of hydrogen-bond acceptors (Lipinski definition) is 10. The van der Waals surface area contributed by atoms with Crippen molar-refractivity contribution in [1.29, 1.82) is 0 Å². The number of pyridine rings is 1. The minimum absolute atomic E-state index is 0.0482. The van der Waals surface area contributed by atoms with Crippen LogP contribution < -0.4 is 19.5 Å². The summed E-state index contributed by atoms with van der Waals surface area (Å²) >= 11 is 13.0. The van der Waals surface area contributed by atoms with E-state index < -0.39 is 30.7 Å². The first kappa shape index (κ1) is 39.7. The largest absolute Gasteiger partial charge is 0.496 e. The van der Waals surface area contributed by atoms with Gasteiger partial charge in [-0.05, 0) is 97.6 Å². The molecule has 0 radical (unpaired) electrons. The molecule has 4 aromatic rings. The number of aromatic nitrogens is 1. The Balaban J connectivity index is 1.11. The molecule has 2 bridgehead atoms. The molecule has 3 aromatic carbocycles. The molecule has 4 heterocycles. The fraction of sp³-hybridized carbons (Fsp3) is 0.405. The van der Waals surface area contributed by atoms with Gasteiger partial charge < -0.3 is 23.7 Å². The fourth-order valence-electron chi connectivity index (χ4n) is 7.28. The Morgan fingerprint density at radius 3 is 2.39 bits per heavy atom. The van der Waals surface area contributed by atoms with E-state index in [9.17, 15) is 18.4 Å². The molecule has 1 aromatic heterocycles. The highest BCUT2D eigenvalue weighted by atomic mass is 35.5. The molecule has 56 heavy (non-hydrogen) atoms. The van der Waals surface area contributed by atoms with Crippen molar-refractivity contribution in [2.45, 2.75) is 63.5 Å². The summed E-state index contributed by atoms with van der Waals surface area (Å²) in [5.74, 6) is 0.138. The van der Waals surface area contributed by atoms with E-state index in [0.717, 1.165) is 45.3 Å². The second kappa shape index (κ2) is 18.2. The number of ether oxygens (including phenoxy) is 5. The van der Waals surface area contributed by atoms with Gasteiger partial charge in [-0.1, -0.05) is 59.6 Å². The minimum Gasteiger partial charge on any atom is -0.496 e. The number of carbonyl (C=O) groups excluding carboxylic acids is 2. The van der Waals surface area contributed by atoms with Crippen LogP contribution in [0.4, 0.5) is 8.78 Å². The number of esters is 2. The molecule has 4 fully saturated rings. The van der Waals surface area contributed by atoms with E-state index in [1.165, 1.54) is 30.6 Å². The molecule has 1 aliphatic carbocycles. The molecule has 1 N–H and O–H groups in total. The number of para-hydroxylation sites is 1. The van der Waals surface area contributed by atoms with Gasteiger partial charge in [0.25, 0.3) is 0 Å². The van der Waals surface area contributed by atoms with E-state index in [1.54, 1.807) is 31.4 Å².